The summed E-state index contributed by atoms with van der Waals surface area (Å²) in [4.78, 5) is 62.0. The van der Waals surface area contributed by atoms with E-state index in [1.807, 2.05) is 6.92 Å². The molecule has 1 fully saturated rings. The highest BCUT2D eigenvalue weighted by Gasteiger charge is 2.40. The minimum absolute atomic E-state index is 0.0350. The van der Waals surface area contributed by atoms with Crippen molar-refractivity contribution in [3.63, 3.8) is 0 Å². The Bertz CT molecular complexity index is 714. The number of hydrogen-bond acceptors (Lipinski definition) is 7. The van der Waals surface area contributed by atoms with Gasteiger partial charge in [0, 0.05) is 13.0 Å². The first-order valence-corrected chi connectivity index (χ1v) is 10.8. The van der Waals surface area contributed by atoms with Gasteiger partial charge in [-0.05, 0) is 32.1 Å². The fourth-order valence-corrected chi connectivity index (χ4v) is 3.49. The number of carbonyl (C=O) groups is 5. The Morgan fingerprint density at radius 1 is 1.12 bits per heavy atom. The van der Waals surface area contributed by atoms with Crippen LogP contribution in [0.25, 0.3) is 0 Å². The number of primary amides is 1. The van der Waals surface area contributed by atoms with E-state index in [0.717, 1.165) is 0 Å². The quantitative estimate of drug-likeness (QED) is 0.194. The van der Waals surface area contributed by atoms with Crippen LogP contribution in [0.2, 0.25) is 0 Å². The van der Waals surface area contributed by atoms with Crippen molar-refractivity contribution in [2.75, 3.05) is 6.54 Å². The zero-order chi connectivity index (χ0) is 24.6. The summed E-state index contributed by atoms with van der Waals surface area (Å²) >= 11 is 0. The number of aliphatic carboxylic acids is 1. The summed E-state index contributed by atoms with van der Waals surface area (Å²) in [5.41, 5.74) is 10.9. The molecule has 1 aliphatic heterocycles. The number of amides is 4. The van der Waals surface area contributed by atoms with Crippen molar-refractivity contribution in [2.45, 2.75) is 83.1 Å². The average molecular weight is 458 g/mol. The lowest BCUT2D eigenvalue weighted by Gasteiger charge is -2.32. The van der Waals surface area contributed by atoms with Crippen molar-refractivity contribution in [1.82, 2.24) is 15.5 Å². The molecule has 4 amide bonds. The van der Waals surface area contributed by atoms with Gasteiger partial charge in [-0.1, -0.05) is 20.3 Å². The van der Waals surface area contributed by atoms with Gasteiger partial charge in [0.05, 0.1) is 12.1 Å². The highest BCUT2D eigenvalue weighted by Crippen LogP contribution is 2.22. The number of carboxylic acid groups (broad SMARTS) is 1. The van der Waals surface area contributed by atoms with Crippen LogP contribution in [-0.2, 0) is 24.0 Å². The zero-order valence-electron chi connectivity index (χ0n) is 18.7. The molecule has 182 valence electrons. The fourth-order valence-electron chi connectivity index (χ4n) is 3.49. The first-order chi connectivity index (χ1) is 14.9. The van der Waals surface area contributed by atoms with Crippen molar-refractivity contribution < 1.29 is 34.2 Å². The third kappa shape index (κ3) is 7.45. The van der Waals surface area contributed by atoms with Crippen LogP contribution in [0.5, 0.6) is 0 Å². The highest BCUT2D eigenvalue weighted by atomic mass is 16.4. The van der Waals surface area contributed by atoms with Crippen LogP contribution in [0.3, 0.4) is 0 Å². The molecule has 12 heteroatoms. The predicted molar refractivity (Wildman–Crippen MR) is 114 cm³/mol. The van der Waals surface area contributed by atoms with Crippen molar-refractivity contribution in [2.24, 2.45) is 17.4 Å². The van der Waals surface area contributed by atoms with Gasteiger partial charge < -0.3 is 37.2 Å². The zero-order valence-corrected chi connectivity index (χ0v) is 18.7. The third-order valence-electron chi connectivity index (χ3n) is 5.70. The number of nitrogens with one attached hydrogen (secondary N) is 2. The molecule has 1 rings (SSSR count). The molecular weight excluding hydrogens is 422 g/mol. The smallest absolute Gasteiger partial charge is 0.328 e. The molecular formula is C20H35N5O7. The van der Waals surface area contributed by atoms with Crippen molar-refractivity contribution in [3.8, 4) is 0 Å². The maximum absolute atomic E-state index is 13.3. The number of carbonyl (C=O) groups excluding carboxylic acids is 4. The van der Waals surface area contributed by atoms with E-state index in [9.17, 15) is 34.2 Å². The molecule has 0 bridgehead atoms. The number of nitrogens with two attached hydrogens (primary N) is 2. The summed E-state index contributed by atoms with van der Waals surface area (Å²) in [7, 11) is 0. The van der Waals surface area contributed by atoms with Crippen molar-refractivity contribution in [1.29, 1.82) is 0 Å². The highest BCUT2D eigenvalue weighted by molar-refractivity contribution is 5.94. The van der Waals surface area contributed by atoms with Crippen LogP contribution in [0.1, 0.15) is 52.9 Å². The van der Waals surface area contributed by atoms with Gasteiger partial charge in [-0.3, -0.25) is 19.2 Å². The lowest BCUT2D eigenvalue weighted by molar-refractivity contribution is -0.147. The van der Waals surface area contributed by atoms with Crippen LogP contribution in [0, 0.1) is 5.92 Å². The number of rotatable bonds is 12. The van der Waals surface area contributed by atoms with Gasteiger partial charge >= 0.3 is 5.97 Å². The van der Waals surface area contributed by atoms with E-state index in [1.54, 1.807) is 6.92 Å². The van der Waals surface area contributed by atoms with Crippen LogP contribution in [0.15, 0.2) is 0 Å². The topological polar surface area (TPSA) is 205 Å². The molecule has 0 radical (unpaired) electrons. The summed E-state index contributed by atoms with van der Waals surface area (Å²) in [6, 6.07) is -4.40. The molecule has 0 aliphatic carbocycles. The normalized spacial score (nSPS) is 20.5. The van der Waals surface area contributed by atoms with Gasteiger partial charge in [-0.25, -0.2) is 4.79 Å². The average Bonchev–Trinajstić information content (AvgIpc) is 3.22. The summed E-state index contributed by atoms with van der Waals surface area (Å²) in [6.07, 6.45) is 0.0437. The second-order valence-corrected chi connectivity index (χ2v) is 8.24. The molecule has 1 aliphatic rings. The van der Waals surface area contributed by atoms with E-state index in [4.69, 9.17) is 11.5 Å². The van der Waals surface area contributed by atoms with Crippen LogP contribution < -0.4 is 22.1 Å². The fraction of sp³-hybridized carbons (Fsp3) is 0.750. The number of likely N-dealkylation sites (tertiary alicyclic amines) is 1. The van der Waals surface area contributed by atoms with E-state index < -0.39 is 59.9 Å². The molecule has 1 heterocycles. The molecule has 0 aromatic heterocycles. The molecule has 6 atom stereocenters. The molecule has 32 heavy (non-hydrogen) atoms. The molecule has 12 nitrogen and oxygen atoms in total. The third-order valence-corrected chi connectivity index (χ3v) is 5.70. The number of hydrogen-bond donors (Lipinski definition) is 6. The lowest BCUT2D eigenvalue weighted by Crippen LogP contribution is -2.59. The minimum Gasteiger partial charge on any atom is -0.480 e. The maximum Gasteiger partial charge on any atom is 0.328 e. The van der Waals surface area contributed by atoms with E-state index in [1.165, 1.54) is 11.8 Å². The lowest BCUT2D eigenvalue weighted by atomic mass is 9.96. The van der Waals surface area contributed by atoms with E-state index >= 15 is 0 Å². The number of aliphatic hydroxyl groups is 1. The van der Waals surface area contributed by atoms with E-state index in [0.29, 0.717) is 19.3 Å². The monoisotopic (exact) mass is 457 g/mol. The van der Waals surface area contributed by atoms with Crippen molar-refractivity contribution in [3.05, 3.63) is 0 Å². The second kappa shape index (κ2) is 12.3. The summed E-state index contributed by atoms with van der Waals surface area (Å²) in [5.74, 6) is -4.02. The first-order valence-electron chi connectivity index (χ1n) is 10.8. The maximum atomic E-state index is 13.3. The second-order valence-electron chi connectivity index (χ2n) is 8.24. The molecule has 6 unspecified atom stereocenters. The predicted octanol–water partition coefficient (Wildman–Crippen LogP) is -1.95. The summed E-state index contributed by atoms with van der Waals surface area (Å²) in [5, 5.41) is 23.7. The Balaban J connectivity index is 2.96. The largest absolute Gasteiger partial charge is 0.480 e. The Labute approximate surface area is 187 Å². The molecule has 1 saturated heterocycles. The summed E-state index contributed by atoms with van der Waals surface area (Å²) < 4.78 is 0. The van der Waals surface area contributed by atoms with Gasteiger partial charge in [0.15, 0.2) is 6.04 Å². The minimum atomic E-state index is -1.51. The van der Waals surface area contributed by atoms with Crippen LogP contribution in [0.4, 0.5) is 0 Å². The first kappa shape index (κ1) is 27.3. The van der Waals surface area contributed by atoms with E-state index in [-0.39, 0.29) is 25.3 Å². The van der Waals surface area contributed by atoms with Crippen molar-refractivity contribution >= 4 is 29.6 Å². The van der Waals surface area contributed by atoms with Gasteiger partial charge in [-0.15, -0.1) is 0 Å². The van der Waals surface area contributed by atoms with Crippen LogP contribution in [-0.4, -0.2) is 81.5 Å². The molecule has 8 N–H and O–H groups in total. The van der Waals surface area contributed by atoms with Crippen LogP contribution >= 0.6 is 0 Å². The standard InChI is InChI=1S/C20H35N5O7/c1-4-10(2)15(23-17(28)12(21)7-8-14(22)27)19(30)25-9-5-6-13(25)18(29)24-16(11(3)26)20(31)32/h10-13,15-16,26H,4-9,21H2,1-3H3,(H2,22,27)(H,23,28)(H,24,29)(H,31,32). The van der Waals surface area contributed by atoms with Gasteiger partial charge in [0.25, 0.3) is 0 Å². The van der Waals surface area contributed by atoms with Gasteiger partial charge in [0.2, 0.25) is 23.6 Å². The summed E-state index contributed by atoms with van der Waals surface area (Å²) in [6.45, 7) is 5.13. The molecule has 0 saturated carbocycles. The Kier molecular flexibility index (Phi) is 10.5. The van der Waals surface area contributed by atoms with Gasteiger partial charge in [0.1, 0.15) is 12.1 Å². The molecule has 0 spiro atoms. The SMILES string of the molecule is CCC(C)C(NC(=O)C(N)CCC(N)=O)C(=O)N1CCCC1C(=O)NC(C(=O)O)C(C)O. The van der Waals surface area contributed by atoms with E-state index in [2.05, 4.69) is 10.6 Å². The Hall–Kier alpha value is -2.73. The Morgan fingerprint density at radius 3 is 2.25 bits per heavy atom. The molecule has 0 aromatic rings. The van der Waals surface area contributed by atoms with Gasteiger partial charge in [-0.2, -0.15) is 0 Å². The number of aliphatic hydroxyl groups excluding tert-OH is 1. The molecule has 0 aromatic carbocycles. The number of carboxylic acids is 1. The number of nitrogens with zero attached hydrogens (tertiary/aromatic N) is 1. The Morgan fingerprint density at radius 2 is 1.75 bits per heavy atom.